The summed E-state index contributed by atoms with van der Waals surface area (Å²) in [4.78, 5) is 0. The molecule has 0 aliphatic rings. The molecule has 0 saturated heterocycles. The first kappa shape index (κ1) is 14.2. The molecule has 0 fully saturated rings. The van der Waals surface area contributed by atoms with Crippen LogP contribution < -0.4 is 10.5 Å². The largest absolute Gasteiger partial charge is 0.489 e. The predicted octanol–water partition coefficient (Wildman–Crippen LogP) is 4.88. The summed E-state index contributed by atoms with van der Waals surface area (Å²) in [5.41, 5.74) is 9.65. The van der Waals surface area contributed by atoms with Gasteiger partial charge in [0.1, 0.15) is 12.4 Å². The Kier molecular flexibility index (Phi) is 4.38. The molecule has 2 nitrogen and oxygen atoms in total. The Labute approximate surface area is 126 Å². The molecule has 0 aliphatic carbocycles. The van der Waals surface area contributed by atoms with Crippen LogP contribution in [0.1, 0.15) is 16.7 Å². The van der Waals surface area contributed by atoms with Crippen LogP contribution in [0.25, 0.3) is 0 Å². The minimum Gasteiger partial charge on any atom is -0.489 e. The molecule has 100 valence electrons. The average Bonchev–Trinajstić information content (AvgIpc) is 2.34. The van der Waals surface area contributed by atoms with Gasteiger partial charge < -0.3 is 10.5 Å². The molecule has 0 amide bonds. The molecule has 0 radical (unpaired) electrons. The van der Waals surface area contributed by atoms with Crippen LogP contribution in [0.3, 0.4) is 0 Å². The number of nitrogen functional groups attached to an aromatic ring is 1. The first-order valence-corrected chi connectivity index (χ1v) is 7.08. The van der Waals surface area contributed by atoms with Gasteiger partial charge in [-0.1, -0.05) is 33.6 Å². The molecular weight excluding hydrogens is 326 g/mol. The molecule has 0 bridgehead atoms. The van der Waals surface area contributed by atoms with Crippen molar-refractivity contribution in [2.45, 2.75) is 20.5 Å². The predicted molar refractivity (Wildman–Crippen MR) is 83.8 cm³/mol. The summed E-state index contributed by atoms with van der Waals surface area (Å²) in [6.45, 7) is 4.38. The summed E-state index contributed by atoms with van der Waals surface area (Å²) < 4.78 is 6.74. The average molecular weight is 341 g/mol. The normalized spacial score (nSPS) is 10.5. The molecule has 2 rings (SSSR count). The minimum atomic E-state index is 0.444. The summed E-state index contributed by atoms with van der Waals surface area (Å²) in [5, 5.41) is 0.788. The Morgan fingerprint density at radius 1 is 1.16 bits per heavy atom. The van der Waals surface area contributed by atoms with Crippen LogP contribution in [0.4, 0.5) is 5.69 Å². The van der Waals surface area contributed by atoms with Gasteiger partial charge in [-0.3, -0.25) is 0 Å². The van der Waals surface area contributed by atoms with Gasteiger partial charge in [0.2, 0.25) is 0 Å². The topological polar surface area (TPSA) is 35.2 Å². The van der Waals surface area contributed by atoms with Crippen molar-refractivity contribution in [2.75, 3.05) is 5.73 Å². The van der Waals surface area contributed by atoms with E-state index in [2.05, 4.69) is 15.9 Å². The van der Waals surface area contributed by atoms with E-state index < -0.39 is 0 Å². The first-order valence-electron chi connectivity index (χ1n) is 5.91. The minimum absolute atomic E-state index is 0.444. The highest BCUT2D eigenvalue weighted by atomic mass is 79.9. The van der Waals surface area contributed by atoms with Crippen LogP contribution in [-0.2, 0) is 6.61 Å². The molecule has 0 aromatic heterocycles. The number of aryl methyl sites for hydroxylation is 2. The van der Waals surface area contributed by atoms with E-state index in [1.807, 2.05) is 44.2 Å². The maximum atomic E-state index is 6.13. The molecule has 0 unspecified atom stereocenters. The monoisotopic (exact) mass is 339 g/mol. The zero-order valence-corrected chi connectivity index (χ0v) is 13.2. The van der Waals surface area contributed by atoms with Crippen molar-refractivity contribution in [1.29, 1.82) is 0 Å². The SMILES string of the molecule is Cc1cc(OCc2ccc(Br)cc2N)cc(C)c1Cl. The summed E-state index contributed by atoms with van der Waals surface area (Å²) in [7, 11) is 0. The van der Waals surface area contributed by atoms with E-state index in [1.165, 1.54) is 0 Å². The van der Waals surface area contributed by atoms with Crippen LogP contribution in [0.15, 0.2) is 34.8 Å². The molecule has 0 saturated carbocycles. The lowest BCUT2D eigenvalue weighted by molar-refractivity contribution is 0.306. The number of nitrogens with two attached hydrogens (primary N) is 1. The fraction of sp³-hybridized carbons (Fsp3) is 0.200. The summed E-state index contributed by atoms with van der Waals surface area (Å²) in [6.07, 6.45) is 0. The van der Waals surface area contributed by atoms with Crippen LogP contribution in [-0.4, -0.2) is 0 Å². The standard InChI is InChI=1S/C15H15BrClNO/c1-9-5-13(6-10(2)15(9)17)19-8-11-3-4-12(16)7-14(11)18/h3-7H,8,18H2,1-2H3. The Bertz CT molecular complexity index is 590. The third-order valence-corrected chi connectivity index (χ3v) is 4.00. The van der Waals surface area contributed by atoms with Crippen molar-refractivity contribution in [1.82, 2.24) is 0 Å². The smallest absolute Gasteiger partial charge is 0.120 e. The summed E-state index contributed by atoms with van der Waals surface area (Å²) in [5.74, 6) is 0.807. The molecule has 2 aromatic rings. The fourth-order valence-electron chi connectivity index (χ4n) is 1.85. The van der Waals surface area contributed by atoms with E-state index in [1.54, 1.807) is 0 Å². The maximum absolute atomic E-state index is 6.13. The molecule has 19 heavy (non-hydrogen) atoms. The van der Waals surface area contributed by atoms with Gasteiger partial charge in [-0.05, 0) is 49.2 Å². The van der Waals surface area contributed by atoms with Crippen molar-refractivity contribution in [3.05, 3.63) is 56.5 Å². The third-order valence-electron chi connectivity index (χ3n) is 2.91. The highest BCUT2D eigenvalue weighted by Crippen LogP contribution is 2.27. The van der Waals surface area contributed by atoms with Gasteiger partial charge in [0.25, 0.3) is 0 Å². The van der Waals surface area contributed by atoms with Gasteiger partial charge in [0.05, 0.1) is 0 Å². The van der Waals surface area contributed by atoms with E-state index in [4.69, 9.17) is 22.1 Å². The number of halogens is 2. The zero-order chi connectivity index (χ0) is 14.0. The van der Waals surface area contributed by atoms with Crippen molar-refractivity contribution >= 4 is 33.2 Å². The van der Waals surface area contributed by atoms with Gasteiger partial charge in [0.15, 0.2) is 0 Å². The molecule has 0 aliphatic heterocycles. The third kappa shape index (κ3) is 3.43. The second kappa shape index (κ2) is 5.85. The van der Waals surface area contributed by atoms with Gasteiger partial charge >= 0.3 is 0 Å². The molecular formula is C15H15BrClNO. The van der Waals surface area contributed by atoms with Gasteiger partial charge in [-0.15, -0.1) is 0 Å². The Hall–Kier alpha value is -1.19. The zero-order valence-electron chi connectivity index (χ0n) is 10.8. The van der Waals surface area contributed by atoms with E-state index >= 15 is 0 Å². The Morgan fingerprint density at radius 2 is 1.79 bits per heavy atom. The van der Waals surface area contributed by atoms with Crippen molar-refractivity contribution in [3.63, 3.8) is 0 Å². The Balaban J connectivity index is 2.14. The van der Waals surface area contributed by atoms with E-state index in [0.717, 1.165) is 37.6 Å². The lowest BCUT2D eigenvalue weighted by Gasteiger charge is -2.11. The summed E-state index contributed by atoms with van der Waals surface area (Å²) in [6, 6.07) is 9.65. The molecule has 0 heterocycles. The van der Waals surface area contributed by atoms with Crippen molar-refractivity contribution < 1.29 is 4.74 Å². The number of benzene rings is 2. The number of hydrogen-bond acceptors (Lipinski definition) is 2. The van der Waals surface area contributed by atoms with Gasteiger partial charge in [-0.25, -0.2) is 0 Å². The number of anilines is 1. The lowest BCUT2D eigenvalue weighted by Crippen LogP contribution is -2.00. The van der Waals surface area contributed by atoms with E-state index in [-0.39, 0.29) is 0 Å². The van der Waals surface area contributed by atoms with Crippen LogP contribution in [0.5, 0.6) is 5.75 Å². The van der Waals surface area contributed by atoms with Crippen LogP contribution >= 0.6 is 27.5 Å². The summed E-state index contributed by atoms with van der Waals surface area (Å²) >= 11 is 9.51. The number of ether oxygens (including phenoxy) is 1. The Morgan fingerprint density at radius 3 is 2.37 bits per heavy atom. The molecule has 0 spiro atoms. The van der Waals surface area contributed by atoms with Crippen molar-refractivity contribution in [2.24, 2.45) is 0 Å². The van der Waals surface area contributed by atoms with Crippen LogP contribution in [0, 0.1) is 13.8 Å². The van der Waals surface area contributed by atoms with Gasteiger partial charge in [-0.2, -0.15) is 0 Å². The molecule has 4 heteroatoms. The highest BCUT2D eigenvalue weighted by Gasteiger charge is 2.05. The fourth-order valence-corrected chi connectivity index (χ4v) is 2.34. The number of hydrogen-bond donors (Lipinski definition) is 1. The number of rotatable bonds is 3. The molecule has 2 N–H and O–H groups in total. The highest BCUT2D eigenvalue weighted by molar-refractivity contribution is 9.10. The molecule has 0 atom stereocenters. The van der Waals surface area contributed by atoms with E-state index in [0.29, 0.717) is 6.61 Å². The van der Waals surface area contributed by atoms with E-state index in [9.17, 15) is 0 Å². The first-order chi connectivity index (χ1) is 8.97. The second-order valence-corrected chi connectivity index (χ2v) is 5.80. The quantitative estimate of drug-likeness (QED) is 0.808. The van der Waals surface area contributed by atoms with Crippen molar-refractivity contribution in [3.8, 4) is 5.75 Å². The van der Waals surface area contributed by atoms with Gasteiger partial charge in [0, 0.05) is 20.7 Å². The van der Waals surface area contributed by atoms with Crippen LogP contribution in [0.2, 0.25) is 5.02 Å². The lowest BCUT2D eigenvalue weighted by atomic mass is 10.1. The molecule has 2 aromatic carbocycles. The second-order valence-electron chi connectivity index (χ2n) is 4.50. The maximum Gasteiger partial charge on any atom is 0.120 e.